The molecule has 7 rings (SSSR count). The van der Waals surface area contributed by atoms with Crippen molar-refractivity contribution in [2.24, 2.45) is 11.8 Å². The van der Waals surface area contributed by atoms with Crippen molar-refractivity contribution in [1.29, 1.82) is 0 Å². The summed E-state index contributed by atoms with van der Waals surface area (Å²) in [6.45, 7) is 8.07. The molecule has 1 aliphatic rings. The number of aromatic nitrogens is 2. The van der Waals surface area contributed by atoms with E-state index in [2.05, 4.69) is 83.8 Å². The molecular weight excluding hydrogens is 801 g/mol. The molecule has 3 aromatic carbocycles. The number of carbonyl (C=O) groups is 1. The van der Waals surface area contributed by atoms with Gasteiger partial charge >= 0.3 is 0 Å². The molecular formula is C43H43IrN2O2S-. The zero-order valence-electron chi connectivity index (χ0n) is 28.6. The van der Waals surface area contributed by atoms with E-state index in [0.29, 0.717) is 0 Å². The Morgan fingerprint density at radius 2 is 1.57 bits per heavy atom. The van der Waals surface area contributed by atoms with E-state index < -0.39 is 0 Å². The molecule has 253 valence electrons. The van der Waals surface area contributed by atoms with Crippen LogP contribution in [0.5, 0.6) is 0 Å². The average Bonchev–Trinajstić information content (AvgIpc) is 3.52. The Kier molecular flexibility index (Phi) is 12.3. The van der Waals surface area contributed by atoms with Crippen LogP contribution in [0.4, 0.5) is 0 Å². The molecule has 3 heterocycles. The summed E-state index contributed by atoms with van der Waals surface area (Å²) in [7, 11) is 0. The number of fused-ring (bicyclic) bond motifs is 6. The van der Waals surface area contributed by atoms with Crippen LogP contribution in [0.2, 0.25) is 0 Å². The molecule has 1 aliphatic carbocycles. The molecule has 0 amide bonds. The largest absolute Gasteiger partial charge is 0.512 e. The number of ketones is 1. The van der Waals surface area contributed by atoms with Gasteiger partial charge in [-0.1, -0.05) is 92.7 Å². The van der Waals surface area contributed by atoms with Crippen molar-refractivity contribution in [1.82, 2.24) is 9.97 Å². The van der Waals surface area contributed by atoms with Crippen molar-refractivity contribution < 1.29 is 30.0 Å². The van der Waals surface area contributed by atoms with Gasteiger partial charge in [-0.3, -0.25) is 14.8 Å². The summed E-state index contributed by atoms with van der Waals surface area (Å²) in [6, 6.07) is 29.4. The third-order valence-electron chi connectivity index (χ3n) is 9.71. The fourth-order valence-corrected chi connectivity index (χ4v) is 8.23. The van der Waals surface area contributed by atoms with Gasteiger partial charge in [-0.15, -0.1) is 34.9 Å². The molecule has 6 heteroatoms. The van der Waals surface area contributed by atoms with Gasteiger partial charge in [-0.05, 0) is 72.7 Å². The quantitative estimate of drug-likeness (QED) is 0.0895. The molecule has 0 saturated heterocycles. The normalized spacial score (nSPS) is 12.3. The van der Waals surface area contributed by atoms with Gasteiger partial charge in [0.25, 0.3) is 0 Å². The smallest absolute Gasteiger partial charge is 0.162 e. The minimum atomic E-state index is 0. The van der Waals surface area contributed by atoms with Gasteiger partial charge < -0.3 is 5.11 Å². The minimum absolute atomic E-state index is 0. The first-order valence-corrected chi connectivity index (χ1v) is 18.1. The number of carbonyl (C=O) groups excluding carboxylic acids is 1. The number of aliphatic hydroxyl groups is 1. The van der Waals surface area contributed by atoms with E-state index in [1.54, 1.807) is 0 Å². The summed E-state index contributed by atoms with van der Waals surface area (Å²) >= 11 is 1.85. The number of hydrogen-bond acceptors (Lipinski definition) is 5. The number of nitrogens with zero attached hydrogens (tertiary/aromatic N) is 2. The number of hydrogen-bond donors (Lipinski definition) is 1. The van der Waals surface area contributed by atoms with E-state index in [1.807, 2.05) is 57.6 Å². The standard InChI is InChI=1S/C30H19N2S.C13H24O2.Ir/c1-2-6-19(7-3-1)26-17-22(16-21-8-4-5-9-23(21)26)28-30-25(13-15-32-28)24-11-10-20-12-14-31-18-27(20)29(24)33-30;1-5-10(6-2)12(14)9-13(15)11(7-3)8-4;/h1-9,12-15,17-18H,10-11H2;9-11,14H,5-8H2,1-4H3;/q-1;;/b;12-9-;. The van der Waals surface area contributed by atoms with Crippen molar-refractivity contribution in [3.05, 3.63) is 120 Å². The molecule has 1 radical (unpaired) electrons. The number of rotatable bonds is 9. The van der Waals surface area contributed by atoms with Crippen molar-refractivity contribution in [3.63, 3.8) is 0 Å². The Bertz CT molecular complexity index is 2080. The molecule has 1 N–H and O–H groups in total. The fraction of sp³-hybridized carbons (Fsp3) is 0.279. The monoisotopic (exact) mass is 844 g/mol. The molecule has 4 nitrogen and oxygen atoms in total. The van der Waals surface area contributed by atoms with Crippen molar-refractivity contribution in [3.8, 4) is 32.8 Å². The fourth-order valence-electron chi connectivity index (χ4n) is 6.83. The van der Waals surface area contributed by atoms with Gasteiger partial charge in [-0.25, -0.2) is 0 Å². The Morgan fingerprint density at radius 1 is 0.857 bits per heavy atom. The van der Waals surface area contributed by atoms with Gasteiger partial charge in [0.15, 0.2) is 5.78 Å². The van der Waals surface area contributed by atoms with Gasteiger partial charge in [0.2, 0.25) is 0 Å². The summed E-state index contributed by atoms with van der Waals surface area (Å²) in [5.74, 6) is 0.547. The third-order valence-corrected chi connectivity index (χ3v) is 11.0. The van der Waals surface area contributed by atoms with Crippen LogP contribution in [0.1, 0.15) is 64.5 Å². The van der Waals surface area contributed by atoms with Crippen LogP contribution >= 0.6 is 11.3 Å². The van der Waals surface area contributed by atoms with Crippen molar-refractivity contribution >= 4 is 38.0 Å². The number of benzene rings is 3. The van der Waals surface area contributed by atoms with Gasteiger partial charge in [0.1, 0.15) is 0 Å². The predicted molar refractivity (Wildman–Crippen MR) is 201 cm³/mol. The molecule has 49 heavy (non-hydrogen) atoms. The average molecular weight is 844 g/mol. The molecule has 0 atom stereocenters. The van der Waals surface area contributed by atoms with E-state index in [-0.39, 0.29) is 43.5 Å². The second kappa shape index (κ2) is 16.6. The van der Waals surface area contributed by atoms with E-state index in [9.17, 15) is 9.90 Å². The molecule has 0 aliphatic heterocycles. The first kappa shape index (κ1) is 36.3. The second-order valence-corrected chi connectivity index (χ2v) is 13.5. The first-order chi connectivity index (χ1) is 23.5. The maximum Gasteiger partial charge on any atom is 0.162 e. The Balaban J connectivity index is 0.000000252. The van der Waals surface area contributed by atoms with E-state index in [0.717, 1.165) is 55.2 Å². The van der Waals surface area contributed by atoms with E-state index in [1.165, 1.54) is 54.2 Å². The topological polar surface area (TPSA) is 63.1 Å². The zero-order valence-corrected chi connectivity index (χ0v) is 31.8. The second-order valence-electron chi connectivity index (χ2n) is 12.5. The zero-order chi connectivity index (χ0) is 33.6. The van der Waals surface area contributed by atoms with Crippen LogP contribution in [0, 0.1) is 17.9 Å². The van der Waals surface area contributed by atoms with Crippen molar-refractivity contribution in [2.45, 2.75) is 66.2 Å². The van der Waals surface area contributed by atoms with E-state index in [4.69, 9.17) is 4.98 Å². The molecule has 0 unspecified atom stereocenters. The van der Waals surface area contributed by atoms with Gasteiger partial charge in [-0.2, -0.15) is 0 Å². The van der Waals surface area contributed by atoms with Crippen LogP contribution in [0.15, 0.2) is 103 Å². The summed E-state index contributed by atoms with van der Waals surface area (Å²) in [6.07, 6.45) is 12.9. The predicted octanol–water partition coefficient (Wildman–Crippen LogP) is 11.6. The Morgan fingerprint density at radius 3 is 2.31 bits per heavy atom. The van der Waals surface area contributed by atoms with Gasteiger partial charge in [0.05, 0.1) is 5.76 Å². The molecule has 0 spiro atoms. The van der Waals surface area contributed by atoms with E-state index >= 15 is 0 Å². The maximum atomic E-state index is 11.7. The van der Waals surface area contributed by atoms with Crippen LogP contribution in [0.25, 0.3) is 53.7 Å². The van der Waals surface area contributed by atoms with Gasteiger partial charge in [0, 0.05) is 77.4 Å². The first-order valence-electron chi connectivity index (χ1n) is 17.3. The Hall–Kier alpha value is -3.96. The molecule has 0 fully saturated rings. The van der Waals surface area contributed by atoms with Crippen LogP contribution < -0.4 is 0 Å². The number of aryl methyl sites for hydroxylation is 2. The molecule has 0 bridgehead atoms. The molecule has 3 aromatic heterocycles. The third kappa shape index (κ3) is 7.62. The number of aliphatic hydroxyl groups excluding tert-OH is 1. The summed E-state index contributed by atoms with van der Waals surface area (Å²) in [5, 5.41) is 13.4. The maximum absolute atomic E-state index is 11.7. The SMILES string of the molecule is CCC(CC)C(=O)/C=C(\O)C(CC)CC.[Ir].[c-]1c(-c2nccc3c4c(sc23)-c2cnccc2CC4)cc(-c2ccccc2)c2ccccc12. The minimum Gasteiger partial charge on any atom is -0.512 e. The number of pyridine rings is 2. The number of thiophene rings is 1. The summed E-state index contributed by atoms with van der Waals surface area (Å²) < 4.78 is 1.24. The van der Waals surface area contributed by atoms with Crippen LogP contribution in [0.3, 0.4) is 0 Å². The molecule has 0 saturated carbocycles. The van der Waals surface area contributed by atoms with Crippen LogP contribution in [-0.2, 0) is 37.7 Å². The number of allylic oxidation sites excluding steroid dienone is 2. The summed E-state index contributed by atoms with van der Waals surface area (Å²) in [5.41, 5.74) is 8.59. The Labute approximate surface area is 307 Å². The van der Waals surface area contributed by atoms with Crippen molar-refractivity contribution in [2.75, 3.05) is 0 Å². The molecule has 6 aromatic rings. The summed E-state index contributed by atoms with van der Waals surface area (Å²) in [4.78, 5) is 22.4. The van der Waals surface area contributed by atoms with Crippen LogP contribution in [-0.4, -0.2) is 20.9 Å².